The maximum absolute atomic E-state index is 13.9. The largest absolute Gasteiger partial charge is 0.494 e. The van der Waals surface area contributed by atoms with E-state index in [1.807, 2.05) is 26.8 Å². The highest BCUT2D eigenvalue weighted by Gasteiger charge is 2.20. The van der Waals surface area contributed by atoms with Crippen LogP contribution in [0.1, 0.15) is 26.3 Å². The van der Waals surface area contributed by atoms with Gasteiger partial charge in [0, 0.05) is 51.7 Å². The molecule has 1 aromatic carbocycles. The van der Waals surface area contributed by atoms with Gasteiger partial charge in [0.05, 0.1) is 13.7 Å². The van der Waals surface area contributed by atoms with E-state index in [0.717, 1.165) is 44.2 Å². The predicted molar refractivity (Wildman–Crippen MR) is 114 cm³/mol. The van der Waals surface area contributed by atoms with E-state index in [1.165, 1.54) is 7.11 Å². The number of rotatable bonds is 8. The minimum absolute atomic E-state index is 0.0144. The van der Waals surface area contributed by atoms with Gasteiger partial charge in [-0.1, -0.05) is 19.9 Å². The number of amides is 1. The fraction of sp³-hybridized carbons (Fsp3) is 0.619. The lowest BCUT2D eigenvalue weighted by atomic mass is 10.2. The van der Waals surface area contributed by atoms with E-state index < -0.39 is 0 Å². The fourth-order valence-corrected chi connectivity index (χ4v) is 3.16. The summed E-state index contributed by atoms with van der Waals surface area (Å²) in [5.74, 6) is 0.860. The molecule has 1 heterocycles. The minimum atomic E-state index is -0.324. The van der Waals surface area contributed by atoms with Crippen LogP contribution in [0.15, 0.2) is 23.2 Å². The molecule has 1 aromatic rings. The molecule has 2 rings (SSSR count). The average molecular weight is 408 g/mol. The van der Waals surface area contributed by atoms with Gasteiger partial charge in [0.25, 0.3) is 0 Å². The molecule has 0 unspecified atom stereocenters. The molecule has 7 nitrogen and oxygen atoms in total. The number of hydrogen-bond acceptors (Lipinski definition) is 4. The van der Waals surface area contributed by atoms with E-state index in [0.29, 0.717) is 19.6 Å². The third-order valence-electron chi connectivity index (χ3n) is 4.83. The monoisotopic (exact) mass is 407 g/mol. The highest BCUT2D eigenvalue weighted by Crippen LogP contribution is 2.19. The van der Waals surface area contributed by atoms with E-state index in [-0.39, 0.29) is 23.4 Å². The molecular formula is C21H34FN5O2. The van der Waals surface area contributed by atoms with Gasteiger partial charge in [-0.2, -0.15) is 0 Å². The summed E-state index contributed by atoms with van der Waals surface area (Å²) in [6.45, 7) is 11.8. The maximum atomic E-state index is 13.9. The van der Waals surface area contributed by atoms with Crippen LogP contribution in [0, 0.1) is 11.7 Å². The van der Waals surface area contributed by atoms with Gasteiger partial charge >= 0.3 is 0 Å². The number of guanidine groups is 1. The summed E-state index contributed by atoms with van der Waals surface area (Å²) >= 11 is 0. The van der Waals surface area contributed by atoms with Gasteiger partial charge in [0.15, 0.2) is 17.5 Å². The van der Waals surface area contributed by atoms with E-state index in [2.05, 4.69) is 25.4 Å². The van der Waals surface area contributed by atoms with Crippen molar-refractivity contribution in [3.05, 3.63) is 29.6 Å². The normalized spacial score (nSPS) is 15.5. The second-order valence-electron chi connectivity index (χ2n) is 7.41. The van der Waals surface area contributed by atoms with Gasteiger partial charge in [-0.05, 0) is 24.6 Å². The molecule has 0 saturated carbocycles. The number of carbonyl (C=O) groups is 1. The first-order valence-corrected chi connectivity index (χ1v) is 10.3. The van der Waals surface area contributed by atoms with Crippen LogP contribution in [0.25, 0.3) is 0 Å². The molecule has 0 radical (unpaired) electrons. The van der Waals surface area contributed by atoms with Crippen molar-refractivity contribution in [3.63, 3.8) is 0 Å². The van der Waals surface area contributed by atoms with Gasteiger partial charge in [0.1, 0.15) is 0 Å². The molecule has 1 aliphatic heterocycles. The molecule has 29 heavy (non-hydrogen) atoms. The van der Waals surface area contributed by atoms with Crippen molar-refractivity contribution >= 4 is 11.9 Å². The first kappa shape index (κ1) is 22.9. The third-order valence-corrected chi connectivity index (χ3v) is 4.83. The third kappa shape index (κ3) is 7.20. The summed E-state index contributed by atoms with van der Waals surface area (Å²) < 4.78 is 18.9. The second kappa shape index (κ2) is 11.6. The molecule has 0 spiro atoms. The van der Waals surface area contributed by atoms with Crippen LogP contribution in [-0.2, 0) is 11.3 Å². The molecule has 1 aliphatic rings. The lowest BCUT2D eigenvalue weighted by Gasteiger charge is -2.36. The first-order valence-electron chi connectivity index (χ1n) is 10.3. The van der Waals surface area contributed by atoms with Crippen molar-refractivity contribution < 1.29 is 13.9 Å². The van der Waals surface area contributed by atoms with E-state index in [9.17, 15) is 9.18 Å². The smallest absolute Gasteiger partial charge is 0.222 e. The average Bonchev–Trinajstić information content (AvgIpc) is 2.71. The summed E-state index contributed by atoms with van der Waals surface area (Å²) in [4.78, 5) is 20.8. The van der Waals surface area contributed by atoms with Crippen LogP contribution >= 0.6 is 0 Å². The van der Waals surface area contributed by atoms with E-state index in [4.69, 9.17) is 4.74 Å². The number of benzene rings is 1. The minimum Gasteiger partial charge on any atom is -0.494 e. The number of halogens is 1. The molecule has 0 bridgehead atoms. The Bertz CT molecular complexity index is 688. The Hall–Kier alpha value is -2.35. The molecule has 0 aliphatic carbocycles. The number of hydrogen-bond donors (Lipinski definition) is 2. The van der Waals surface area contributed by atoms with E-state index in [1.54, 1.807) is 12.1 Å². The van der Waals surface area contributed by atoms with Crippen molar-refractivity contribution in [2.45, 2.75) is 27.3 Å². The molecule has 162 valence electrons. The molecular weight excluding hydrogens is 373 g/mol. The highest BCUT2D eigenvalue weighted by molar-refractivity contribution is 5.80. The van der Waals surface area contributed by atoms with E-state index >= 15 is 0 Å². The number of ether oxygens (including phenoxy) is 1. The Morgan fingerprint density at radius 1 is 1.24 bits per heavy atom. The number of nitrogens with zero attached hydrogens (tertiary/aromatic N) is 3. The SMILES string of the molecule is CCNC(=NCCNC(=O)C(C)C)N1CCN(Cc2ccc(OC)c(F)c2)CC1. The van der Waals surface area contributed by atoms with Crippen LogP contribution in [0.3, 0.4) is 0 Å². The lowest BCUT2D eigenvalue weighted by molar-refractivity contribution is -0.123. The van der Waals surface area contributed by atoms with Crippen molar-refractivity contribution in [2.24, 2.45) is 10.9 Å². The molecule has 1 fully saturated rings. The zero-order valence-electron chi connectivity index (χ0n) is 18.0. The Kier molecular flexibility index (Phi) is 9.18. The molecule has 1 amide bonds. The summed E-state index contributed by atoms with van der Waals surface area (Å²) in [6, 6.07) is 5.13. The van der Waals surface area contributed by atoms with Crippen LogP contribution in [-0.4, -0.2) is 74.6 Å². The van der Waals surface area contributed by atoms with Crippen LogP contribution in [0.4, 0.5) is 4.39 Å². The van der Waals surface area contributed by atoms with Gasteiger partial charge < -0.3 is 20.3 Å². The van der Waals surface area contributed by atoms with Crippen LogP contribution < -0.4 is 15.4 Å². The highest BCUT2D eigenvalue weighted by atomic mass is 19.1. The molecule has 0 aromatic heterocycles. The van der Waals surface area contributed by atoms with Crippen molar-refractivity contribution in [1.29, 1.82) is 0 Å². The predicted octanol–water partition coefficient (Wildman–Crippen LogP) is 1.69. The van der Waals surface area contributed by atoms with Crippen molar-refractivity contribution in [2.75, 3.05) is 52.9 Å². The number of piperazine rings is 1. The topological polar surface area (TPSA) is 69.2 Å². The molecule has 8 heteroatoms. The second-order valence-corrected chi connectivity index (χ2v) is 7.41. The quantitative estimate of drug-likeness (QED) is 0.390. The number of methoxy groups -OCH3 is 1. The zero-order valence-corrected chi connectivity index (χ0v) is 18.0. The van der Waals surface area contributed by atoms with Gasteiger partial charge in [-0.15, -0.1) is 0 Å². The molecule has 0 atom stereocenters. The zero-order chi connectivity index (χ0) is 21.2. The van der Waals surface area contributed by atoms with Crippen molar-refractivity contribution in [1.82, 2.24) is 20.4 Å². The number of aliphatic imine (C=N–C) groups is 1. The van der Waals surface area contributed by atoms with Crippen molar-refractivity contribution in [3.8, 4) is 5.75 Å². The Morgan fingerprint density at radius 2 is 1.97 bits per heavy atom. The number of carbonyl (C=O) groups excluding carboxylic acids is 1. The maximum Gasteiger partial charge on any atom is 0.222 e. The Labute approximate surface area is 173 Å². The standard InChI is InChI=1S/C21H34FN5O2/c1-5-23-21(25-9-8-24-20(28)16(2)3)27-12-10-26(11-13-27)15-17-6-7-19(29-4)18(22)14-17/h6-7,14,16H,5,8-13,15H2,1-4H3,(H,23,25)(H,24,28). The van der Waals surface area contributed by atoms with Gasteiger partial charge in [-0.25, -0.2) is 4.39 Å². The summed E-state index contributed by atoms with van der Waals surface area (Å²) in [5, 5.41) is 6.22. The lowest BCUT2D eigenvalue weighted by Crippen LogP contribution is -2.52. The molecule has 1 saturated heterocycles. The summed E-state index contributed by atoms with van der Waals surface area (Å²) in [5.41, 5.74) is 0.943. The van der Waals surface area contributed by atoms with Crippen LogP contribution in [0.5, 0.6) is 5.75 Å². The summed E-state index contributed by atoms with van der Waals surface area (Å²) in [7, 11) is 1.47. The van der Waals surface area contributed by atoms with Crippen LogP contribution in [0.2, 0.25) is 0 Å². The molecule has 2 N–H and O–H groups in total. The fourth-order valence-electron chi connectivity index (χ4n) is 3.16. The summed E-state index contributed by atoms with van der Waals surface area (Å²) in [6.07, 6.45) is 0. The first-order chi connectivity index (χ1) is 13.9. The Morgan fingerprint density at radius 3 is 2.55 bits per heavy atom. The number of nitrogens with one attached hydrogen (secondary N) is 2. The van der Waals surface area contributed by atoms with Gasteiger partial charge in [0.2, 0.25) is 5.91 Å². The Balaban J connectivity index is 1.83. The van der Waals surface area contributed by atoms with Gasteiger partial charge in [-0.3, -0.25) is 14.7 Å².